The van der Waals surface area contributed by atoms with Gasteiger partial charge in [0, 0.05) is 0 Å². The first-order chi connectivity index (χ1) is 13.5. The average Bonchev–Trinajstić information content (AvgIpc) is 2.65. The van der Waals surface area contributed by atoms with Crippen molar-refractivity contribution >= 4 is 14.2 Å². The molecular formula is C21H24F6N2P-. The van der Waals surface area contributed by atoms with Crippen molar-refractivity contribution in [1.82, 2.24) is 0 Å². The Bertz CT molecular complexity index is 816. The summed E-state index contributed by atoms with van der Waals surface area (Å²) in [5.74, 6) is 0. The van der Waals surface area contributed by atoms with Crippen LogP contribution in [0.15, 0.2) is 58.5 Å². The first-order valence-corrected chi connectivity index (χ1v) is 11.1. The molecule has 0 N–H and O–H groups in total. The molecule has 0 amide bonds. The average molecular weight is 449 g/mol. The topological polar surface area (TPSA) is 24.7 Å². The van der Waals surface area contributed by atoms with Crippen LogP contribution in [0.2, 0.25) is 0 Å². The summed E-state index contributed by atoms with van der Waals surface area (Å²) in [5.41, 5.74) is 4.99. The maximum Gasteiger partial charge on any atom is -1.00 e. The quantitative estimate of drug-likeness (QED) is 0.328. The van der Waals surface area contributed by atoms with Gasteiger partial charge in [0.2, 0.25) is 0 Å². The number of aliphatic imine (C=N–C) groups is 2. The van der Waals surface area contributed by atoms with E-state index in [1.807, 2.05) is 0 Å². The third kappa shape index (κ3) is 11.7. The fourth-order valence-corrected chi connectivity index (χ4v) is 3.01. The van der Waals surface area contributed by atoms with Crippen LogP contribution in [0.4, 0.5) is 21.0 Å². The van der Waals surface area contributed by atoms with E-state index in [9.17, 15) is 21.0 Å². The Kier molecular flexibility index (Phi) is 9.73. The molecule has 2 aromatic rings. The molecule has 0 unspecified atom stereocenters. The van der Waals surface area contributed by atoms with Crippen molar-refractivity contribution in [2.75, 3.05) is 0 Å². The van der Waals surface area contributed by atoms with Crippen LogP contribution < -0.4 is 4.70 Å². The standard InChI is InChI=1S/C21H24N2.F5P.FH/c1-17-7-11-19(12-8-17)20-13-9-18(10-14-20)15-22-16-23-21-5-3-2-4-6-21;1-6(2,3,4)5;/h7-14,21H,2-6,15H2,1H3;;1H/p-1. The molecule has 0 atom stereocenters. The molecule has 2 nitrogen and oxygen atoms in total. The molecule has 0 aromatic heterocycles. The maximum atomic E-state index is 9.84. The van der Waals surface area contributed by atoms with Gasteiger partial charge >= 0.3 is 29.1 Å². The van der Waals surface area contributed by atoms with Gasteiger partial charge in [0.25, 0.3) is 0 Å². The van der Waals surface area contributed by atoms with Crippen LogP contribution in [-0.4, -0.2) is 12.1 Å². The summed E-state index contributed by atoms with van der Waals surface area (Å²) >= 11 is 0. The SMILES string of the molecule is Cc1ccc(-c2ccc(CN=C=NC3CCCCC3)cc2)cc1.FP(F)(F)(F)F.[F-]. The molecule has 1 aliphatic carbocycles. The minimum Gasteiger partial charge on any atom is -1.00 e. The minimum absolute atomic E-state index is 0. The summed E-state index contributed by atoms with van der Waals surface area (Å²) < 4.78 is 49.2. The van der Waals surface area contributed by atoms with Crippen LogP contribution in [0.5, 0.6) is 0 Å². The Morgan fingerprint density at radius 1 is 0.833 bits per heavy atom. The second-order valence-corrected chi connectivity index (χ2v) is 8.32. The summed E-state index contributed by atoms with van der Waals surface area (Å²) in [7, 11) is -8.55. The van der Waals surface area contributed by atoms with Gasteiger partial charge in [-0.15, -0.1) is 0 Å². The number of rotatable bonds is 4. The second-order valence-electron chi connectivity index (χ2n) is 7.04. The zero-order valence-corrected chi connectivity index (χ0v) is 17.4. The third-order valence-electron chi connectivity index (χ3n) is 4.49. The number of benzene rings is 2. The maximum absolute atomic E-state index is 9.84. The summed E-state index contributed by atoms with van der Waals surface area (Å²) in [4.78, 5) is 8.79. The number of aryl methyl sites for hydroxylation is 1. The van der Waals surface area contributed by atoms with E-state index < -0.39 is 8.16 Å². The summed E-state index contributed by atoms with van der Waals surface area (Å²) in [6.07, 6.45) is 6.37. The summed E-state index contributed by atoms with van der Waals surface area (Å²) in [6, 6.07) is 20.6. The van der Waals surface area contributed by atoms with Crippen molar-refractivity contribution in [3.63, 3.8) is 0 Å². The molecule has 0 radical (unpaired) electrons. The zero-order chi connectivity index (χ0) is 21.4. The van der Waals surface area contributed by atoms with Gasteiger partial charge in [-0.3, -0.25) is 0 Å². The zero-order valence-electron chi connectivity index (χ0n) is 16.5. The van der Waals surface area contributed by atoms with Gasteiger partial charge in [-0.1, -0.05) is 73.4 Å². The Morgan fingerprint density at radius 3 is 1.80 bits per heavy atom. The molecule has 1 fully saturated rings. The van der Waals surface area contributed by atoms with E-state index in [1.54, 1.807) is 0 Å². The Labute approximate surface area is 172 Å². The van der Waals surface area contributed by atoms with Crippen LogP contribution in [0.25, 0.3) is 11.1 Å². The smallest absolute Gasteiger partial charge is 1.00 e. The molecule has 1 saturated carbocycles. The second kappa shape index (κ2) is 11.3. The van der Waals surface area contributed by atoms with Crippen LogP contribution in [0, 0.1) is 6.92 Å². The first kappa shape index (κ1) is 25.9. The Hall–Kier alpha value is -2.17. The van der Waals surface area contributed by atoms with Crippen LogP contribution in [0.1, 0.15) is 43.2 Å². The molecule has 0 saturated heterocycles. The predicted octanol–water partition coefficient (Wildman–Crippen LogP) is 5.63. The van der Waals surface area contributed by atoms with Gasteiger partial charge in [0.05, 0.1) is 18.6 Å². The molecule has 9 heteroatoms. The summed E-state index contributed by atoms with van der Waals surface area (Å²) in [6.45, 7) is 2.77. The fourth-order valence-electron chi connectivity index (χ4n) is 3.01. The minimum atomic E-state index is -8.55. The molecule has 0 bridgehead atoms. The van der Waals surface area contributed by atoms with Crippen molar-refractivity contribution in [1.29, 1.82) is 0 Å². The van der Waals surface area contributed by atoms with E-state index >= 15 is 0 Å². The molecule has 0 spiro atoms. The molecule has 0 heterocycles. The molecule has 3 rings (SSSR count). The molecule has 166 valence electrons. The van der Waals surface area contributed by atoms with Crippen molar-refractivity contribution in [3.05, 3.63) is 59.7 Å². The van der Waals surface area contributed by atoms with E-state index in [4.69, 9.17) is 0 Å². The normalized spacial score (nSPS) is 15.3. The molecular weight excluding hydrogens is 425 g/mol. The van der Waals surface area contributed by atoms with Crippen LogP contribution >= 0.6 is 8.16 Å². The van der Waals surface area contributed by atoms with Gasteiger partial charge in [-0.2, -0.15) is 0 Å². The molecule has 2 aromatic carbocycles. The van der Waals surface area contributed by atoms with Crippen molar-refractivity contribution in [2.45, 2.75) is 51.6 Å². The Morgan fingerprint density at radius 2 is 1.30 bits per heavy atom. The molecule has 30 heavy (non-hydrogen) atoms. The summed E-state index contributed by atoms with van der Waals surface area (Å²) in [5, 5.41) is 0. The van der Waals surface area contributed by atoms with Crippen molar-refractivity contribution in [3.8, 4) is 11.1 Å². The number of nitrogens with zero attached hydrogens (tertiary/aromatic N) is 2. The van der Waals surface area contributed by atoms with Gasteiger partial charge in [0.15, 0.2) is 0 Å². The van der Waals surface area contributed by atoms with Crippen molar-refractivity contribution < 1.29 is 25.7 Å². The monoisotopic (exact) mass is 449 g/mol. The van der Waals surface area contributed by atoms with E-state index in [0.717, 1.165) is 0 Å². The van der Waals surface area contributed by atoms with E-state index in [2.05, 4.69) is 71.4 Å². The van der Waals surface area contributed by atoms with Gasteiger partial charge < -0.3 is 4.70 Å². The van der Waals surface area contributed by atoms with Gasteiger partial charge in [0.1, 0.15) is 0 Å². The van der Waals surface area contributed by atoms with E-state index in [0.29, 0.717) is 12.6 Å². The van der Waals surface area contributed by atoms with Crippen LogP contribution in [-0.2, 0) is 6.54 Å². The first-order valence-electron chi connectivity index (χ1n) is 9.43. The largest absolute Gasteiger partial charge is 1.00 e. The van der Waals surface area contributed by atoms with E-state index in [1.165, 1.54) is 54.4 Å². The number of hydrogen-bond donors (Lipinski definition) is 0. The Balaban J connectivity index is 0.000000567. The fraction of sp³-hybridized carbons (Fsp3) is 0.381. The molecule has 0 aliphatic heterocycles. The number of halogens is 6. The molecule has 1 aliphatic rings. The predicted molar refractivity (Wildman–Crippen MR) is 110 cm³/mol. The van der Waals surface area contributed by atoms with Gasteiger partial charge in [-0.25, -0.2) is 9.98 Å². The van der Waals surface area contributed by atoms with Crippen LogP contribution in [0.3, 0.4) is 0 Å². The number of hydrogen-bond acceptors (Lipinski definition) is 2. The van der Waals surface area contributed by atoms with E-state index in [-0.39, 0.29) is 4.70 Å². The van der Waals surface area contributed by atoms with Gasteiger partial charge in [-0.05, 0) is 36.5 Å². The van der Waals surface area contributed by atoms with Crippen molar-refractivity contribution in [2.24, 2.45) is 9.98 Å². The third-order valence-corrected chi connectivity index (χ3v) is 4.49.